The van der Waals surface area contributed by atoms with E-state index in [2.05, 4.69) is 10.0 Å². The first-order chi connectivity index (χ1) is 16.6. The molecule has 2 N–H and O–H groups in total. The lowest BCUT2D eigenvalue weighted by Gasteiger charge is -2.12. The van der Waals surface area contributed by atoms with Crippen LogP contribution in [0.1, 0.15) is 11.1 Å². The lowest BCUT2D eigenvalue weighted by molar-refractivity contribution is -0.137. The maximum Gasteiger partial charge on any atom is 0.416 e. The first-order valence-electron chi connectivity index (χ1n) is 10.2. The summed E-state index contributed by atoms with van der Waals surface area (Å²) in [5.74, 6) is 1.08. The molecule has 1 heterocycles. The highest BCUT2D eigenvalue weighted by Gasteiger charge is 2.30. The Labute approximate surface area is 198 Å². The van der Waals surface area contributed by atoms with Crippen molar-refractivity contribution in [2.45, 2.75) is 17.6 Å². The Morgan fingerprint density at radius 2 is 1.71 bits per heavy atom. The number of sulfonamides is 1. The summed E-state index contributed by atoms with van der Waals surface area (Å²) < 4.78 is 81.6. The number of benzene rings is 3. The third-order valence-corrected chi connectivity index (χ3v) is 6.27. The summed E-state index contributed by atoms with van der Waals surface area (Å²) in [6.45, 7) is 0.0940. The summed E-state index contributed by atoms with van der Waals surface area (Å²) in [5.41, 5.74) is -0.386. The molecule has 0 bridgehead atoms. The van der Waals surface area contributed by atoms with Crippen LogP contribution in [0.2, 0.25) is 0 Å². The van der Waals surface area contributed by atoms with Gasteiger partial charge in [-0.05, 0) is 60.2 Å². The number of hydrogen-bond acceptors (Lipinski definition) is 6. The van der Waals surface area contributed by atoms with E-state index in [0.717, 1.165) is 17.7 Å². The molecule has 0 unspecified atom stereocenters. The van der Waals surface area contributed by atoms with Gasteiger partial charge in [0.05, 0.1) is 10.5 Å². The molecule has 0 spiro atoms. The van der Waals surface area contributed by atoms with Crippen molar-refractivity contribution in [1.29, 1.82) is 0 Å². The van der Waals surface area contributed by atoms with E-state index in [0.29, 0.717) is 17.6 Å². The number of alkyl halides is 3. The van der Waals surface area contributed by atoms with Gasteiger partial charge in [-0.2, -0.15) is 13.2 Å². The third kappa shape index (κ3) is 6.15. The fraction of sp³-hybridized carbons (Fsp3) is 0.174. The highest BCUT2D eigenvalue weighted by Crippen LogP contribution is 2.33. The molecule has 8 nitrogen and oxygen atoms in total. The van der Waals surface area contributed by atoms with Crippen molar-refractivity contribution in [3.8, 4) is 17.2 Å². The Kier molecular flexibility index (Phi) is 6.74. The lowest BCUT2D eigenvalue weighted by Crippen LogP contribution is -2.28. The maximum absolute atomic E-state index is 12.9. The molecule has 1 amide bonds. The van der Waals surface area contributed by atoms with Gasteiger partial charge in [0, 0.05) is 12.2 Å². The number of rotatable bonds is 8. The van der Waals surface area contributed by atoms with E-state index >= 15 is 0 Å². The number of halogens is 3. The Morgan fingerprint density at radius 3 is 2.46 bits per heavy atom. The van der Waals surface area contributed by atoms with Crippen LogP contribution >= 0.6 is 0 Å². The molecule has 0 atom stereocenters. The quantitative estimate of drug-likeness (QED) is 0.478. The van der Waals surface area contributed by atoms with E-state index in [-0.39, 0.29) is 36.3 Å². The number of carbonyl (C=O) groups excluding carboxylic acids is 1. The summed E-state index contributed by atoms with van der Waals surface area (Å²) in [4.78, 5) is 11.9. The molecule has 0 aromatic heterocycles. The number of fused-ring (bicyclic) bond motifs is 1. The summed E-state index contributed by atoms with van der Waals surface area (Å²) in [5, 5.41) is 2.69. The normalized spacial score (nSPS) is 12.8. The molecule has 3 aromatic carbocycles. The van der Waals surface area contributed by atoms with Gasteiger partial charge in [0.2, 0.25) is 6.79 Å². The fourth-order valence-electron chi connectivity index (χ4n) is 3.14. The smallest absolute Gasteiger partial charge is 0.416 e. The topological polar surface area (TPSA) is 103 Å². The first-order valence-corrected chi connectivity index (χ1v) is 11.7. The van der Waals surface area contributed by atoms with Crippen molar-refractivity contribution >= 4 is 21.6 Å². The van der Waals surface area contributed by atoms with Gasteiger partial charge in [0.15, 0.2) is 18.1 Å². The van der Waals surface area contributed by atoms with Gasteiger partial charge in [0.1, 0.15) is 5.75 Å². The molecule has 4 rings (SSSR count). The molecule has 0 saturated carbocycles. The van der Waals surface area contributed by atoms with E-state index in [9.17, 15) is 26.4 Å². The molecule has 35 heavy (non-hydrogen) atoms. The van der Waals surface area contributed by atoms with Gasteiger partial charge < -0.3 is 19.5 Å². The van der Waals surface area contributed by atoms with Crippen molar-refractivity contribution < 1.29 is 40.6 Å². The van der Waals surface area contributed by atoms with E-state index in [4.69, 9.17) is 14.2 Å². The highest BCUT2D eigenvalue weighted by atomic mass is 32.2. The average molecular weight is 508 g/mol. The van der Waals surface area contributed by atoms with Crippen molar-refractivity contribution in [1.82, 2.24) is 5.32 Å². The van der Waals surface area contributed by atoms with Crippen LogP contribution in [0, 0.1) is 0 Å². The lowest BCUT2D eigenvalue weighted by atomic mass is 10.2. The van der Waals surface area contributed by atoms with Crippen LogP contribution in [-0.4, -0.2) is 27.7 Å². The number of anilines is 1. The minimum atomic E-state index is -4.60. The minimum Gasteiger partial charge on any atom is -0.484 e. The maximum atomic E-state index is 12.9. The van der Waals surface area contributed by atoms with Gasteiger partial charge in [-0.25, -0.2) is 8.42 Å². The van der Waals surface area contributed by atoms with Crippen LogP contribution in [0.15, 0.2) is 71.6 Å². The number of ether oxygens (including phenoxy) is 3. The molecule has 184 valence electrons. The van der Waals surface area contributed by atoms with Crippen LogP contribution in [0.3, 0.4) is 0 Å². The molecule has 0 fully saturated rings. The molecule has 1 aliphatic rings. The first kappa shape index (κ1) is 24.2. The second kappa shape index (κ2) is 9.74. The van der Waals surface area contributed by atoms with E-state index < -0.39 is 27.7 Å². The summed E-state index contributed by atoms with van der Waals surface area (Å²) in [6, 6.07) is 14.3. The molecule has 12 heteroatoms. The van der Waals surface area contributed by atoms with Gasteiger partial charge in [0.25, 0.3) is 15.9 Å². The van der Waals surface area contributed by atoms with E-state index in [1.54, 1.807) is 18.2 Å². The van der Waals surface area contributed by atoms with E-state index in [1.165, 1.54) is 30.3 Å². The van der Waals surface area contributed by atoms with Crippen LogP contribution in [0.25, 0.3) is 0 Å². The second-order valence-corrected chi connectivity index (χ2v) is 9.09. The number of hydrogen-bond donors (Lipinski definition) is 2. The van der Waals surface area contributed by atoms with Gasteiger partial charge in [-0.3, -0.25) is 9.52 Å². The second-order valence-electron chi connectivity index (χ2n) is 7.41. The fourth-order valence-corrected chi connectivity index (χ4v) is 4.19. The van der Waals surface area contributed by atoms with Crippen LogP contribution in [0.5, 0.6) is 17.2 Å². The van der Waals surface area contributed by atoms with Crippen LogP contribution in [0.4, 0.5) is 18.9 Å². The molecule has 0 saturated heterocycles. The van der Waals surface area contributed by atoms with Crippen LogP contribution < -0.4 is 24.2 Å². The zero-order valence-electron chi connectivity index (χ0n) is 18.0. The average Bonchev–Trinajstić information content (AvgIpc) is 3.29. The van der Waals surface area contributed by atoms with Crippen molar-refractivity contribution in [2.75, 3.05) is 18.1 Å². The molecule has 0 aliphatic carbocycles. The Bertz CT molecular complexity index is 1330. The summed E-state index contributed by atoms with van der Waals surface area (Å²) >= 11 is 0. The minimum absolute atomic E-state index is 0.153. The monoisotopic (exact) mass is 508 g/mol. The standard InChI is InChI=1S/C23H19F3N2O6S/c24-23(25,26)16-2-1-3-17(11-16)28-35(30,31)19-7-5-18(6-8-19)32-13-22(29)27-12-15-4-9-20-21(10-15)34-14-33-20/h1-11,28H,12-14H2,(H,27,29). The van der Waals surface area contributed by atoms with E-state index in [1.807, 2.05) is 0 Å². The molecule has 1 aliphatic heterocycles. The Morgan fingerprint density at radius 1 is 0.971 bits per heavy atom. The molecule has 3 aromatic rings. The van der Waals surface area contributed by atoms with Crippen molar-refractivity contribution in [3.63, 3.8) is 0 Å². The number of carbonyl (C=O) groups is 1. The zero-order chi connectivity index (χ0) is 25.1. The Balaban J connectivity index is 1.30. The summed E-state index contributed by atoms with van der Waals surface area (Å²) in [6.07, 6.45) is -4.60. The van der Waals surface area contributed by atoms with Crippen molar-refractivity contribution in [3.05, 3.63) is 77.9 Å². The van der Waals surface area contributed by atoms with Gasteiger partial charge in [-0.1, -0.05) is 12.1 Å². The van der Waals surface area contributed by atoms with Crippen LogP contribution in [-0.2, 0) is 27.5 Å². The predicted octanol–water partition coefficient (Wildman–Crippen LogP) is 3.93. The SMILES string of the molecule is O=C(COc1ccc(S(=O)(=O)Nc2cccc(C(F)(F)F)c2)cc1)NCc1ccc2c(c1)OCO2. The van der Waals surface area contributed by atoms with Gasteiger partial charge in [-0.15, -0.1) is 0 Å². The number of amides is 1. The van der Waals surface area contributed by atoms with Crippen molar-refractivity contribution in [2.24, 2.45) is 0 Å². The van der Waals surface area contributed by atoms with Gasteiger partial charge >= 0.3 is 6.18 Å². The molecular formula is C23H19F3N2O6S. The predicted molar refractivity (Wildman–Crippen MR) is 119 cm³/mol. The highest BCUT2D eigenvalue weighted by molar-refractivity contribution is 7.92. The molecule has 0 radical (unpaired) electrons. The Hall–Kier alpha value is -3.93. The zero-order valence-corrected chi connectivity index (χ0v) is 18.8. The molecular weight excluding hydrogens is 489 g/mol. The largest absolute Gasteiger partial charge is 0.484 e. The number of nitrogens with one attached hydrogen (secondary N) is 2. The summed E-state index contributed by atoms with van der Waals surface area (Å²) in [7, 11) is -4.14. The third-order valence-electron chi connectivity index (χ3n) is 4.87.